The molecule has 1 fully saturated rings. The van der Waals surface area contributed by atoms with Crippen molar-refractivity contribution in [3.63, 3.8) is 0 Å². The van der Waals surface area contributed by atoms with E-state index in [9.17, 15) is 5.11 Å². The molecule has 0 spiro atoms. The molecule has 0 saturated carbocycles. The molecule has 2 unspecified atom stereocenters. The molecule has 0 aliphatic carbocycles. The van der Waals surface area contributed by atoms with Crippen LogP contribution in [0.5, 0.6) is 0 Å². The number of nitrogens with zero attached hydrogens (tertiary/aromatic N) is 2. The van der Waals surface area contributed by atoms with Crippen molar-refractivity contribution < 1.29 is 5.11 Å². The smallest absolute Gasteiger partial charge is 0.109 e. The number of piperidine rings is 1. The van der Waals surface area contributed by atoms with Gasteiger partial charge in [0.05, 0.1) is 18.3 Å². The summed E-state index contributed by atoms with van der Waals surface area (Å²) in [5.74, 6) is 1.17. The van der Waals surface area contributed by atoms with Gasteiger partial charge >= 0.3 is 0 Å². The lowest BCUT2D eigenvalue weighted by Gasteiger charge is -2.23. The molecule has 2 aliphatic heterocycles. The number of nitrogens with one attached hydrogen (secondary N) is 1. The van der Waals surface area contributed by atoms with Gasteiger partial charge in [0.15, 0.2) is 0 Å². The normalized spacial score (nSPS) is 28.1. The lowest BCUT2D eigenvalue weighted by atomic mass is 10.0. The molecule has 0 amide bonds. The van der Waals surface area contributed by atoms with Crippen LogP contribution in [0, 0.1) is 0 Å². The second-order valence-electron chi connectivity index (χ2n) is 5.64. The van der Waals surface area contributed by atoms with Gasteiger partial charge in [-0.25, -0.2) is 4.98 Å². The minimum Gasteiger partial charge on any atom is -0.394 e. The first kappa shape index (κ1) is 12.2. The van der Waals surface area contributed by atoms with Crippen LogP contribution in [-0.2, 0) is 12.8 Å². The molecule has 4 heteroatoms. The third-order valence-electron chi connectivity index (χ3n) is 4.27. The first-order valence-corrected chi connectivity index (χ1v) is 7.27. The van der Waals surface area contributed by atoms with Gasteiger partial charge in [-0.2, -0.15) is 0 Å². The summed E-state index contributed by atoms with van der Waals surface area (Å²) >= 11 is 0. The number of aliphatic hydroxyl groups excluding tert-OH is 1. The van der Waals surface area contributed by atoms with E-state index in [1.165, 1.54) is 30.8 Å². The highest BCUT2D eigenvalue weighted by Gasteiger charge is 2.22. The average Bonchev–Trinajstić information content (AvgIpc) is 2.82. The van der Waals surface area contributed by atoms with Crippen molar-refractivity contribution in [1.29, 1.82) is 0 Å². The van der Waals surface area contributed by atoms with Crippen LogP contribution in [-0.4, -0.2) is 33.9 Å². The van der Waals surface area contributed by atoms with Gasteiger partial charge in [-0.15, -0.1) is 0 Å². The molecule has 2 atom stereocenters. The van der Waals surface area contributed by atoms with Crippen molar-refractivity contribution in [1.82, 2.24) is 14.9 Å². The van der Waals surface area contributed by atoms with Crippen molar-refractivity contribution in [3.05, 3.63) is 17.7 Å². The highest BCUT2D eigenvalue weighted by molar-refractivity contribution is 5.10. The molecule has 3 heterocycles. The molecule has 1 aromatic heterocycles. The SMILES string of the molecule is OCC1CCCc2nc(CC3CCCCN3)cn21. The predicted octanol–water partition coefficient (Wildman–Crippen LogP) is 1.44. The lowest BCUT2D eigenvalue weighted by Crippen LogP contribution is -2.35. The van der Waals surface area contributed by atoms with Crippen LogP contribution in [0.2, 0.25) is 0 Å². The Balaban J connectivity index is 1.71. The molecule has 2 N–H and O–H groups in total. The van der Waals surface area contributed by atoms with Crippen LogP contribution in [0.25, 0.3) is 0 Å². The van der Waals surface area contributed by atoms with Gasteiger partial charge in [0.2, 0.25) is 0 Å². The van der Waals surface area contributed by atoms with Gasteiger partial charge < -0.3 is 15.0 Å². The summed E-state index contributed by atoms with van der Waals surface area (Å²) in [4.78, 5) is 4.75. The molecule has 1 aromatic rings. The molecular formula is C14H23N3O. The van der Waals surface area contributed by atoms with Gasteiger partial charge in [0.1, 0.15) is 5.82 Å². The zero-order valence-electron chi connectivity index (χ0n) is 10.9. The summed E-state index contributed by atoms with van der Waals surface area (Å²) in [6.45, 7) is 1.39. The summed E-state index contributed by atoms with van der Waals surface area (Å²) in [6.07, 6.45) is 10.4. The topological polar surface area (TPSA) is 50.1 Å². The van der Waals surface area contributed by atoms with Gasteiger partial charge in [-0.05, 0) is 32.2 Å². The van der Waals surface area contributed by atoms with Crippen LogP contribution < -0.4 is 5.32 Å². The fourth-order valence-corrected chi connectivity index (χ4v) is 3.25. The van der Waals surface area contributed by atoms with E-state index in [-0.39, 0.29) is 12.6 Å². The maximum Gasteiger partial charge on any atom is 0.109 e. The molecule has 100 valence electrons. The Morgan fingerprint density at radius 3 is 3.06 bits per heavy atom. The fourth-order valence-electron chi connectivity index (χ4n) is 3.25. The molecular weight excluding hydrogens is 226 g/mol. The van der Waals surface area contributed by atoms with E-state index in [1.807, 2.05) is 0 Å². The van der Waals surface area contributed by atoms with E-state index in [0.717, 1.165) is 32.2 Å². The van der Waals surface area contributed by atoms with Crippen LogP contribution in [0.3, 0.4) is 0 Å². The molecule has 2 aliphatic rings. The number of aliphatic hydroxyl groups is 1. The number of aromatic nitrogens is 2. The van der Waals surface area contributed by atoms with E-state index in [0.29, 0.717) is 6.04 Å². The monoisotopic (exact) mass is 249 g/mol. The largest absolute Gasteiger partial charge is 0.394 e. The molecule has 4 nitrogen and oxygen atoms in total. The average molecular weight is 249 g/mol. The predicted molar refractivity (Wildman–Crippen MR) is 70.6 cm³/mol. The second-order valence-corrected chi connectivity index (χ2v) is 5.64. The van der Waals surface area contributed by atoms with Gasteiger partial charge in [-0.1, -0.05) is 6.42 Å². The second kappa shape index (κ2) is 5.41. The van der Waals surface area contributed by atoms with E-state index < -0.39 is 0 Å². The number of imidazole rings is 1. The minimum absolute atomic E-state index is 0.241. The van der Waals surface area contributed by atoms with Crippen LogP contribution >= 0.6 is 0 Å². The molecule has 3 rings (SSSR count). The standard InChI is InChI=1S/C14H23N3O/c18-10-13-5-3-6-14-16-12(9-17(13)14)8-11-4-1-2-7-15-11/h9,11,13,15,18H,1-8,10H2. The van der Waals surface area contributed by atoms with Gasteiger partial charge in [0.25, 0.3) is 0 Å². The van der Waals surface area contributed by atoms with Crippen molar-refractivity contribution in [2.24, 2.45) is 0 Å². The fraction of sp³-hybridized carbons (Fsp3) is 0.786. The first-order valence-electron chi connectivity index (χ1n) is 7.27. The Hall–Kier alpha value is -0.870. The van der Waals surface area contributed by atoms with E-state index in [4.69, 9.17) is 4.98 Å². The van der Waals surface area contributed by atoms with Gasteiger partial charge in [-0.3, -0.25) is 0 Å². The number of aryl methyl sites for hydroxylation is 1. The quantitative estimate of drug-likeness (QED) is 0.852. The van der Waals surface area contributed by atoms with Crippen molar-refractivity contribution in [3.8, 4) is 0 Å². The summed E-state index contributed by atoms with van der Waals surface area (Å²) in [5, 5.41) is 13.0. The molecule has 1 saturated heterocycles. The Morgan fingerprint density at radius 1 is 1.33 bits per heavy atom. The molecule has 18 heavy (non-hydrogen) atoms. The summed E-state index contributed by atoms with van der Waals surface area (Å²) in [5.41, 5.74) is 1.20. The Kier molecular flexibility index (Phi) is 3.66. The summed E-state index contributed by atoms with van der Waals surface area (Å²) < 4.78 is 2.21. The summed E-state index contributed by atoms with van der Waals surface area (Å²) in [6, 6.07) is 0.859. The maximum atomic E-state index is 9.41. The third-order valence-corrected chi connectivity index (χ3v) is 4.27. The van der Waals surface area contributed by atoms with E-state index in [2.05, 4.69) is 16.1 Å². The van der Waals surface area contributed by atoms with Crippen LogP contribution in [0.4, 0.5) is 0 Å². The van der Waals surface area contributed by atoms with Crippen molar-refractivity contribution >= 4 is 0 Å². The summed E-state index contributed by atoms with van der Waals surface area (Å²) in [7, 11) is 0. The zero-order chi connectivity index (χ0) is 12.4. The Bertz CT molecular complexity index is 396. The lowest BCUT2D eigenvalue weighted by molar-refractivity contribution is 0.206. The van der Waals surface area contributed by atoms with Crippen molar-refractivity contribution in [2.75, 3.05) is 13.2 Å². The third kappa shape index (κ3) is 2.45. The minimum atomic E-state index is 0.241. The number of hydrogen-bond donors (Lipinski definition) is 2. The number of hydrogen-bond acceptors (Lipinski definition) is 3. The van der Waals surface area contributed by atoms with Crippen LogP contribution in [0.15, 0.2) is 6.20 Å². The number of fused-ring (bicyclic) bond motifs is 1. The highest BCUT2D eigenvalue weighted by Crippen LogP contribution is 2.25. The number of rotatable bonds is 3. The zero-order valence-corrected chi connectivity index (χ0v) is 10.9. The molecule has 0 aromatic carbocycles. The van der Waals surface area contributed by atoms with E-state index in [1.54, 1.807) is 0 Å². The Morgan fingerprint density at radius 2 is 2.28 bits per heavy atom. The maximum absolute atomic E-state index is 9.41. The molecule has 0 bridgehead atoms. The van der Waals surface area contributed by atoms with E-state index >= 15 is 0 Å². The van der Waals surface area contributed by atoms with Crippen molar-refractivity contribution in [2.45, 2.75) is 57.0 Å². The van der Waals surface area contributed by atoms with Crippen LogP contribution in [0.1, 0.15) is 49.7 Å². The molecule has 0 radical (unpaired) electrons. The Labute approximate surface area is 108 Å². The first-order chi connectivity index (χ1) is 8.86. The van der Waals surface area contributed by atoms with Gasteiger partial charge in [0, 0.05) is 25.1 Å². The highest BCUT2D eigenvalue weighted by atomic mass is 16.3.